The Bertz CT molecular complexity index is 9380. The third kappa shape index (κ3) is 11.0. The van der Waals surface area contributed by atoms with E-state index in [1.54, 1.807) is 0 Å². The van der Waals surface area contributed by atoms with E-state index < -0.39 is 0 Å². The van der Waals surface area contributed by atoms with Gasteiger partial charge in [0.1, 0.15) is 0 Å². The van der Waals surface area contributed by atoms with Gasteiger partial charge in [-0.25, -0.2) is 4.98 Å². The fourth-order valence-electron chi connectivity index (χ4n) is 20.9. The summed E-state index contributed by atoms with van der Waals surface area (Å²) in [6, 6.07) is 151. The SMILES string of the molecule is Cc1cc2c3cc(-c4ccccc4)ccc3n(-c3nc(-c4ccccc4)nc(-c4cccc(-c5cc6c7ccccc7n(-c7nc(-c8ccc9ccccc9c8)nc(-n8c9ccccc9c9ccc%10c%11ccccc%11n(-c%11ccccc%11)c%10c98)n7)c6c6c5c5ccccc5n6-c5ccccc5)c4)n3)c2c2c1c1cc(-c3ccccc3)ccc1n2-c1ccc2ccccc2c1. The molecule has 129 heavy (non-hydrogen) atoms. The summed E-state index contributed by atoms with van der Waals surface area (Å²) in [5, 5.41) is 17.5. The summed E-state index contributed by atoms with van der Waals surface area (Å²) in [4.78, 5) is 34.9. The van der Waals surface area contributed by atoms with Crippen LogP contribution in [-0.2, 0) is 0 Å². The molecule has 0 saturated heterocycles. The highest BCUT2D eigenvalue weighted by Crippen LogP contribution is 2.51. The predicted molar refractivity (Wildman–Crippen MR) is 532 cm³/mol. The molecule has 8 aromatic heterocycles. The Morgan fingerprint density at radius 3 is 1.13 bits per heavy atom. The summed E-state index contributed by atoms with van der Waals surface area (Å²) in [5.41, 5.74) is 25.3. The van der Waals surface area contributed by atoms with Crippen LogP contribution in [0.5, 0.6) is 0 Å². The highest BCUT2D eigenvalue weighted by atomic mass is 15.3. The quantitative estimate of drug-likeness (QED) is 0.121. The lowest BCUT2D eigenvalue weighted by molar-refractivity contribution is 0.893. The van der Waals surface area contributed by atoms with Gasteiger partial charge < -0.3 is 13.7 Å². The van der Waals surface area contributed by atoms with Crippen molar-refractivity contribution in [1.82, 2.24) is 57.3 Å². The maximum atomic E-state index is 6.00. The molecule has 0 bridgehead atoms. The molecule has 0 aliphatic rings. The minimum atomic E-state index is 0.458. The zero-order valence-electron chi connectivity index (χ0n) is 69.7. The van der Waals surface area contributed by atoms with Crippen molar-refractivity contribution in [2.45, 2.75) is 6.92 Å². The normalized spacial score (nSPS) is 12.1. The Morgan fingerprint density at radius 2 is 0.543 bits per heavy atom. The number of para-hydroxylation sites is 6. The first kappa shape index (κ1) is 72.0. The Balaban J connectivity index is 0.725. The van der Waals surface area contributed by atoms with Crippen molar-refractivity contribution in [2.75, 3.05) is 0 Å². The lowest BCUT2D eigenvalue weighted by atomic mass is 9.95. The van der Waals surface area contributed by atoms with Gasteiger partial charge in [-0.05, 0) is 177 Å². The summed E-state index contributed by atoms with van der Waals surface area (Å²) < 4.78 is 14.3. The van der Waals surface area contributed by atoms with Crippen molar-refractivity contribution in [3.63, 3.8) is 0 Å². The first-order chi connectivity index (χ1) is 63.9. The van der Waals surface area contributed by atoms with Crippen LogP contribution in [0.1, 0.15) is 5.56 Å². The van der Waals surface area contributed by atoms with Crippen LogP contribution in [0.4, 0.5) is 0 Å². The number of hydrogen-bond acceptors (Lipinski definition) is 6. The molecule has 600 valence electrons. The Labute approximate surface area is 738 Å². The second-order valence-electron chi connectivity index (χ2n) is 33.7. The monoisotopic (exact) mass is 1640 g/mol. The summed E-state index contributed by atoms with van der Waals surface area (Å²) in [6.07, 6.45) is 0. The first-order valence-corrected chi connectivity index (χ1v) is 43.8. The van der Waals surface area contributed by atoms with Gasteiger partial charge in [0.25, 0.3) is 0 Å². The maximum Gasteiger partial charge on any atom is 0.240 e. The Morgan fingerprint density at radius 1 is 0.171 bits per heavy atom. The van der Waals surface area contributed by atoms with Crippen LogP contribution in [0.3, 0.4) is 0 Å². The first-order valence-electron chi connectivity index (χ1n) is 43.8. The molecule has 0 saturated carbocycles. The van der Waals surface area contributed by atoms with Gasteiger partial charge in [0, 0.05) is 98.4 Å². The average Bonchev–Trinajstić information content (AvgIpc) is 1.53. The van der Waals surface area contributed by atoms with E-state index >= 15 is 0 Å². The molecule has 0 fully saturated rings. The molecule has 27 rings (SSSR count). The van der Waals surface area contributed by atoms with Crippen LogP contribution < -0.4 is 0 Å². The second-order valence-corrected chi connectivity index (χ2v) is 33.7. The van der Waals surface area contributed by atoms with E-state index in [9.17, 15) is 0 Å². The van der Waals surface area contributed by atoms with Gasteiger partial charge in [-0.3, -0.25) is 13.7 Å². The van der Waals surface area contributed by atoms with Crippen molar-refractivity contribution < 1.29 is 0 Å². The molecular formula is C117H72N12. The minimum Gasteiger partial charge on any atom is -0.307 e. The van der Waals surface area contributed by atoms with Crippen LogP contribution in [0.15, 0.2) is 419 Å². The summed E-state index contributed by atoms with van der Waals surface area (Å²) >= 11 is 0. The van der Waals surface area contributed by atoms with E-state index in [2.05, 4.69) is 447 Å². The fourth-order valence-corrected chi connectivity index (χ4v) is 20.9. The maximum absolute atomic E-state index is 6.00. The van der Waals surface area contributed by atoms with Crippen molar-refractivity contribution in [2.24, 2.45) is 0 Å². The van der Waals surface area contributed by atoms with Gasteiger partial charge in [0.05, 0.1) is 66.2 Å². The fraction of sp³-hybridized carbons (Fsp3) is 0.00855. The van der Waals surface area contributed by atoms with Gasteiger partial charge >= 0.3 is 0 Å². The number of aromatic nitrogens is 12. The molecule has 27 aromatic rings. The van der Waals surface area contributed by atoms with Crippen molar-refractivity contribution in [1.29, 1.82) is 0 Å². The van der Waals surface area contributed by atoms with Gasteiger partial charge in [-0.1, -0.05) is 309 Å². The van der Waals surface area contributed by atoms with E-state index in [1.807, 2.05) is 6.07 Å². The van der Waals surface area contributed by atoms with E-state index in [0.29, 0.717) is 35.3 Å². The number of fused-ring (bicyclic) bond motifs is 23. The average molecular weight is 1650 g/mol. The molecule has 0 amide bonds. The van der Waals surface area contributed by atoms with E-state index in [0.717, 1.165) is 220 Å². The zero-order valence-corrected chi connectivity index (χ0v) is 69.7. The molecule has 0 radical (unpaired) electrons. The van der Waals surface area contributed by atoms with E-state index in [-0.39, 0.29) is 0 Å². The summed E-state index contributed by atoms with van der Waals surface area (Å²) in [7, 11) is 0. The number of rotatable bonds is 12. The number of aryl methyl sites for hydroxylation is 1. The number of nitrogens with zero attached hydrogens (tertiary/aromatic N) is 12. The predicted octanol–water partition coefficient (Wildman–Crippen LogP) is 29.3. The smallest absolute Gasteiger partial charge is 0.240 e. The zero-order chi connectivity index (χ0) is 84.6. The number of benzene rings is 19. The Hall–Kier alpha value is -17.5. The lowest BCUT2D eigenvalue weighted by Gasteiger charge is -2.16. The topological polar surface area (TPSA) is 107 Å². The number of hydrogen-bond donors (Lipinski definition) is 0. The third-order valence-corrected chi connectivity index (χ3v) is 26.5. The molecule has 0 aliphatic carbocycles. The Kier molecular flexibility index (Phi) is 15.8. The van der Waals surface area contributed by atoms with E-state index in [4.69, 9.17) is 29.9 Å². The highest BCUT2D eigenvalue weighted by Gasteiger charge is 2.32. The van der Waals surface area contributed by atoms with Crippen molar-refractivity contribution in [3.05, 3.63) is 424 Å². The van der Waals surface area contributed by atoms with Crippen molar-refractivity contribution in [3.8, 4) is 102 Å². The van der Waals surface area contributed by atoms with Gasteiger partial charge in [-0.2, -0.15) is 24.9 Å². The van der Waals surface area contributed by atoms with Gasteiger partial charge in [0.2, 0.25) is 17.8 Å². The third-order valence-electron chi connectivity index (χ3n) is 26.5. The molecular weight excluding hydrogens is 1570 g/mol. The molecule has 12 heteroatoms. The van der Waals surface area contributed by atoms with Crippen LogP contribution in [0.2, 0.25) is 0 Å². The lowest BCUT2D eigenvalue weighted by Crippen LogP contribution is -2.11. The molecule has 0 N–H and O–H groups in total. The van der Waals surface area contributed by atoms with Gasteiger partial charge in [-0.15, -0.1) is 0 Å². The molecule has 0 atom stereocenters. The van der Waals surface area contributed by atoms with Crippen LogP contribution >= 0.6 is 0 Å². The van der Waals surface area contributed by atoms with Crippen molar-refractivity contribution >= 4 is 152 Å². The second kappa shape index (κ2) is 28.3. The van der Waals surface area contributed by atoms with Crippen LogP contribution in [0, 0.1) is 6.92 Å². The summed E-state index contributed by atoms with van der Waals surface area (Å²) in [5.74, 6) is 3.00. The van der Waals surface area contributed by atoms with Gasteiger partial charge in [0.15, 0.2) is 17.5 Å². The standard InChI is InChI=1S/C117H72N12/c1-71-64-95-94-68-79(72-30-7-2-8-31-72)57-62-102(94)129(108(95)110-104(71)97-69-80(73-32-9-3-10-33-73)58-63-103(97)126(110)86-59-56-75-35-18-20-39-78(75)67-86)115-119-112(76-36-11-4-12-37-76)118-113(120-115)82-41-29-40-81(66-82)93-70-96-89-48-23-27-52-100(89)128(109(96)111-105(93)92-49-24-28-53-101(92)125(111)85-44-15-6-16-45-85)117-122-114(83-55-54-74-34-17-19-38-77(74)65-83)121-116(123-117)127-99-51-26-22-47-88(99)91-61-60-90-87-46-21-25-50-98(87)124(106(90)107(91)127)84-42-13-5-14-43-84/h2-70H,1H3. The molecule has 8 heterocycles. The minimum absolute atomic E-state index is 0.458. The highest BCUT2D eigenvalue weighted by molar-refractivity contribution is 6.30. The molecule has 19 aromatic carbocycles. The van der Waals surface area contributed by atoms with E-state index in [1.165, 1.54) is 5.39 Å². The molecule has 0 spiro atoms. The largest absolute Gasteiger partial charge is 0.307 e. The van der Waals surface area contributed by atoms with Crippen LogP contribution in [-0.4, -0.2) is 57.3 Å². The van der Waals surface area contributed by atoms with Crippen LogP contribution in [0.25, 0.3) is 255 Å². The summed E-state index contributed by atoms with van der Waals surface area (Å²) in [6.45, 7) is 2.28. The molecule has 0 aliphatic heterocycles. The molecule has 0 unspecified atom stereocenters. The molecule has 12 nitrogen and oxygen atoms in total.